The average molecular weight is 499 g/mol. The maximum atomic E-state index is 14.9. The Morgan fingerprint density at radius 1 is 1.03 bits per heavy atom. The molecule has 0 aliphatic heterocycles. The standard InChI is InChI=1S/C28H27FN6O2/c1-3-4-11-21-18-35(26-24(29)12-8-13-25(26)37-2)28(36)34(21)17-19-14-15-22(20-9-6-5-7-10-20)23(16-19)27-30-32-33-31-27/h5-10,12-16,18H,3-4,11,17H2,1-2H3,(H,30,31,32,33). The molecule has 2 aromatic heterocycles. The summed E-state index contributed by atoms with van der Waals surface area (Å²) in [5.41, 5.74) is 4.27. The van der Waals surface area contributed by atoms with Crippen molar-refractivity contribution >= 4 is 0 Å². The lowest BCUT2D eigenvalue weighted by Crippen LogP contribution is -2.25. The first-order valence-corrected chi connectivity index (χ1v) is 12.2. The number of H-pyrrole nitrogens is 1. The van der Waals surface area contributed by atoms with E-state index in [1.54, 1.807) is 22.9 Å². The second-order valence-corrected chi connectivity index (χ2v) is 8.73. The molecule has 0 amide bonds. The van der Waals surface area contributed by atoms with Crippen LogP contribution in [0.3, 0.4) is 0 Å². The average Bonchev–Trinajstić information content (AvgIpc) is 3.57. The maximum absolute atomic E-state index is 14.9. The van der Waals surface area contributed by atoms with Crippen LogP contribution in [0.4, 0.5) is 4.39 Å². The van der Waals surface area contributed by atoms with Crippen molar-refractivity contribution in [1.82, 2.24) is 29.8 Å². The molecule has 9 heteroatoms. The van der Waals surface area contributed by atoms with Crippen LogP contribution in [0.15, 0.2) is 77.7 Å². The summed E-state index contributed by atoms with van der Waals surface area (Å²) < 4.78 is 23.3. The fourth-order valence-corrected chi connectivity index (χ4v) is 4.51. The zero-order valence-electron chi connectivity index (χ0n) is 20.7. The first-order valence-electron chi connectivity index (χ1n) is 12.2. The molecule has 0 saturated heterocycles. The van der Waals surface area contributed by atoms with E-state index in [0.717, 1.165) is 40.8 Å². The second kappa shape index (κ2) is 10.6. The lowest BCUT2D eigenvalue weighted by atomic mass is 9.97. The van der Waals surface area contributed by atoms with Gasteiger partial charge in [0, 0.05) is 17.5 Å². The van der Waals surface area contributed by atoms with Crippen molar-refractivity contribution in [2.45, 2.75) is 32.7 Å². The van der Waals surface area contributed by atoms with Crippen LogP contribution < -0.4 is 10.4 Å². The summed E-state index contributed by atoms with van der Waals surface area (Å²) >= 11 is 0. The smallest absolute Gasteiger partial charge is 0.333 e. The number of rotatable bonds is 9. The third-order valence-electron chi connectivity index (χ3n) is 6.35. The van der Waals surface area contributed by atoms with Crippen LogP contribution in [0.25, 0.3) is 28.2 Å². The third-order valence-corrected chi connectivity index (χ3v) is 6.35. The summed E-state index contributed by atoms with van der Waals surface area (Å²) in [6, 6.07) is 20.5. The van der Waals surface area contributed by atoms with Crippen molar-refractivity contribution < 1.29 is 9.13 Å². The Morgan fingerprint density at radius 3 is 2.59 bits per heavy atom. The summed E-state index contributed by atoms with van der Waals surface area (Å²) in [4.78, 5) is 13.6. The predicted octanol–water partition coefficient (Wildman–Crippen LogP) is 5.02. The van der Waals surface area contributed by atoms with Gasteiger partial charge in [0.1, 0.15) is 11.4 Å². The molecular formula is C28H27FN6O2. The molecule has 0 fully saturated rings. The Labute approximate surface area is 213 Å². The summed E-state index contributed by atoms with van der Waals surface area (Å²) in [7, 11) is 1.46. The van der Waals surface area contributed by atoms with Gasteiger partial charge in [-0.25, -0.2) is 9.18 Å². The Hall–Kier alpha value is -4.53. The van der Waals surface area contributed by atoms with E-state index in [2.05, 4.69) is 27.5 Å². The van der Waals surface area contributed by atoms with Gasteiger partial charge < -0.3 is 4.74 Å². The predicted molar refractivity (Wildman–Crippen MR) is 139 cm³/mol. The quantitative estimate of drug-likeness (QED) is 0.308. The highest BCUT2D eigenvalue weighted by Gasteiger charge is 2.20. The number of imidazole rings is 1. The molecule has 0 atom stereocenters. The second-order valence-electron chi connectivity index (χ2n) is 8.73. The normalized spacial score (nSPS) is 11.1. The number of benzene rings is 3. The number of aryl methyl sites for hydroxylation is 1. The van der Waals surface area contributed by atoms with Crippen LogP contribution in [0.5, 0.6) is 5.75 Å². The van der Waals surface area contributed by atoms with Crippen LogP contribution in [0.1, 0.15) is 31.0 Å². The Balaban J connectivity index is 1.61. The number of methoxy groups -OCH3 is 1. The van der Waals surface area contributed by atoms with Gasteiger partial charge in [-0.1, -0.05) is 61.9 Å². The molecule has 188 valence electrons. The van der Waals surface area contributed by atoms with Crippen molar-refractivity contribution in [3.8, 4) is 34.0 Å². The molecule has 0 bridgehead atoms. The molecule has 5 rings (SSSR count). The Bertz CT molecular complexity index is 1560. The summed E-state index contributed by atoms with van der Waals surface area (Å²) in [6.07, 6.45) is 4.28. The lowest BCUT2D eigenvalue weighted by molar-refractivity contribution is 0.408. The fourth-order valence-electron chi connectivity index (χ4n) is 4.51. The molecule has 0 aliphatic carbocycles. The molecule has 5 aromatic rings. The number of nitrogens with zero attached hydrogens (tertiary/aromatic N) is 5. The van der Waals surface area contributed by atoms with E-state index in [-0.39, 0.29) is 11.4 Å². The highest BCUT2D eigenvalue weighted by Crippen LogP contribution is 2.31. The summed E-state index contributed by atoms with van der Waals surface area (Å²) in [5, 5.41) is 14.6. The van der Waals surface area contributed by atoms with Crippen LogP contribution >= 0.6 is 0 Å². The minimum absolute atomic E-state index is 0.110. The van der Waals surface area contributed by atoms with Gasteiger partial charge in [-0.3, -0.25) is 9.13 Å². The van der Waals surface area contributed by atoms with E-state index in [0.29, 0.717) is 24.5 Å². The van der Waals surface area contributed by atoms with Gasteiger partial charge in [0.05, 0.1) is 13.7 Å². The topological polar surface area (TPSA) is 90.6 Å². The number of aromatic nitrogens is 6. The number of tetrazole rings is 1. The van der Waals surface area contributed by atoms with E-state index >= 15 is 0 Å². The minimum atomic E-state index is -0.521. The van der Waals surface area contributed by atoms with Crippen LogP contribution in [0, 0.1) is 5.82 Å². The number of hydrogen-bond acceptors (Lipinski definition) is 5. The number of nitrogens with one attached hydrogen (secondary N) is 1. The number of unbranched alkanes of at least 4 members (excludes halogenated alkanes) is 1. The lowest BCUT2D eigenvalue weighted by Gasteiger charge is -2.12. The van der Waals surface area contributed by atoms with E-state index in [1.807, 2.05) is 48.5 Å². The van der Waals surface area contributed by atoms with Gasteiger partial charge in [0.2, 0.25) is 5.82 Å². The Kier molecular flexibility index (Phi) is 6.93. The van der Waals surface area contributed by atoms with Crippen LogP contribution in [-0.4, -0.2) is 36.9 Å². The van der Waals surface area contributed by atoms with E-state index in [9.17, 15) is 9.18 Å². The summed E-state index contributed by atoms with van der Waals surface area (Å²) in [5.74, 6) is 0.244. The van der Waals surface area contributed by atoms with Crippen molar-refractivity contribution in [3.05, 3.63) is 100 Å². The minimum Gasteiger partial charge on any atom is -0.494 e. The van der Waals surface area contributed by atoms with Crippen LogP contribution in [0.2, 0.25) is 0 Å². The molecular weight excluding hydrogens is 471 g/mol. The van der Waals surface area contributed by atoms with E-state index in [1.165, 1.54) is 17.7 Å². The summed E-state index contributed by atoms with van der Waals surface area (Å²) in [6.45, 7) is 2.40. The van der Waals surface area contributed by atoms with Crippen molar-refractivity contribution in [2.24, 2.45) is 0 Å². The molecule has 0 saturated carbocycles. The molecule has 0 unspecified atom stereocenters. The molecule has 37 heavy (non-hydrogen) atoms. The number of halogens is 1. The fraction of sp³-hybridized carbons (Fsp3) is 0.214. The molecule has 8 nitrogen and oxygen atoms in total. The van der Waals surface area contributed by atoms with Gasteiger partial charge >= 0.3 is 5.69 Å². The highest BCUT2D eigenvalue weighted by molar-refractivity contribution is 5.80. The van der Waals surface area contributed by atoms with E-state index < -0.39 is 5.82 Å². The SMILES string of the molecule is CCCCc1cn(-c2c(F)cccc2OC)c(=O)n1Cc1ccc(-c2ccccc2)c(-c2nn[nH]n2)c1. The number of para-hydroxylation sites is 1. The Morgan fingerprint density at radius 2 is 1.86 bits per heavy atom. The highest BCUT2D eigenvalue weighted by atomic mass is 19.1. The third kappa shape index (κ3) is 4.80. The molecule has 0 aliphatic rings. The van der Waals surface area contributed by atoms with Crippen molar-refractivity contribution in [2.75, 3.05) is 7.11 Å². The van der Waals surface area contributed by atoms with E-state index in [4.69, 9.17) is 4.74 Å². The van der Waals surface area contributed by atoms with Gasteiger partial charge in [-0.05, 0) is 52.9 Å². The van der Waals surface area contributed by atoms with Gasteiger partial charge in [0.15, 0.2) is 5.82 Å². The van der Waals surface area contributed by atoms with Crippen molar-refractivity contribution in [1.29, 1.82) is 0 Å². The van der Waals surface area contributed by atoms with Gasteiger partial charge in [-0.2, -0.15) is 5.21 Å². The first kappa shape index (κ1) is 24.2. The van der Waals surface area contributed by atoms with Crippen LogP contribution in [-0.2, 0) is 13.0 Å². The number of aromatic amines is 1. The maximum Gasteiger partial charge on any atom is 0.333 e. The molecule has 0 radical (unpaired) electrons. The number of hydrogen-bond donors (Lipinski definition) is 1. The van der Waals surface area contributed by atoms with Gasteiger partial charge in [0.25, 0.3) is 0 Å². The molecule has 2 heterocycles. The van der Waals surface area contributed by atoms with Gasteiger partial charge in [-0.15, -0.1) is 10.2 Å². The number of ether oxygens (including phenoxy) is 1. The largest absolute Gasteiger partial charge is 0.494 e. The first-order chi connectivity index (χ1) is 18.1. The zero-order valence-corrected chi connectivity index (χ0v) is 20.7. The monoisotopic (exact) mass is 498 g/mol. The molecule has 3 aromatic carbocycles. The molecule has 1 N–H and O–H groups in total. The molecule has 0 spiro atoms. The van der Waals surface area contributed by atoms with Crippen molar-refractivity contribution in [3.63, 3.8) is 0 Å². The zero-order chi connectivity index (χ0) is 25.8.